The third-order valence-corrected chi connectivity index (χ3v) is 2.81. The number of carboxylic acids is 1. The number of hydrazone groups is 1. The number of para-hydroxylation sites is 1. The van der Waals surface area contributed by atoms with Crippen LogP contribution < -0.4 is 5.43 Å². The second-order valence-corrected chi connectivity index (χ2v) is 4.33. The molecule has 0 saturated carbocycles. The lowest BCUT2D eigenvalue weighted by atomic mass is 10.2. The quantitative estimate of drug-likeness (QED) is 0.825. The first-order valence-electron chi connectivity index (χ1n) is 6.59. The van der Waals surface area contributed by atoms with E-state index in [-0.39, 0.29) is 0 Å². The van der Waals surface area contributed by atoms with E-state index < -0.39 is 5.97 Å². The van der Waals surface area contributed by atoms with Crippen LogP contribution in [0, 0.1) is 0 Å². The summed E-state index contributed by atoms with van der Waals surface area (Å²) in [6, 6.07) is 8.05. The molecule has 106 valence electrons. The average Bonchev–Trinajstić information content (AvgIpc) is 2.90. The lowest BCUT2D eigenvalue weighted by molar-refractivity contribution is -0.132. The van der Waals surface area contributed by atoms with Crippen molar-refractivity contribution in [3.05, 3.63) is 71.9 Å². The van der Waals surface area contributed by atoms with Gasteiger partial charge in [0, 0.05) is 6.21 Å². The summed E-state index contributed by atoms with van der Waals surface area (Å²) >= 11 is 0. The lowest BCUT2D eigenvalue weighted by Crippen LogP contribution is -1.95. The Bertz CT molecular complexity index is 653. The number of nitrogens with zero attached hydrogens (tertiary/aromatic N) is 1. The minimum absolute atomic E-state index is 0.341. The minimum atomic E-state index is -0.872. The van der Waals surface area contributed by atoms with Gasteiger partial charge in [0.25, 0.3) is 0 Å². The van der Waals surface area contributed by atoms with E-state index in [9.17, 15) is 4.79 Å². The van der Waals surface area contributed by atoms with Crippen LogP contribution in [0.1, 0.15) is 12.0 Å². The predicted octanol–water partition coefficient (Wildman–Crippen LogP) is 3.62. The van der Waals surface area contributed by atoms with Crippen molar-refractivity contribution >= 4 is 23.9 Å². The van der Waals surface area contributed by atoms with Gasteiger partial charge in [-0.2, -0.15) is 5.10 Å². The molecule has 0 saturated heterocycles. The lowest BCUT2D eigenvalue weighted by Gasteiger charge is -2.00. The fraction of sp³-hybridized carbons (Fsp3) is 0.0588. The highest BCUT2D eigenvalue weighted by Gasteiger charge is 2.00. The Balaban J connectivity index is 0.000000155. The summed E-state index contributed by atoms with van der Waals surface area (Å²) in [6.45, 7) is 0. The summed E-state index contributed by atoms with van der Waals surface area (Å²) in [7, 11) is 0. The van der Waals surface area contributed by atoms with Gasteiger partial charge in [-0.15, -0.1) is 0 Å². The van der Waals surface area contributed by atoms with Crippen molar-refractivity contribution in [2.45, 2.75) is 6.42 Å². The van der Waals surface area contributed by atoms with Crippen molar-refractivity contribution in [3.63, 3.8) is 0 Å². The standard InChI is InChI=1S/C9H8N2.C8H8O2/c1-2-6-9-8(4-1)5-3-7-10-11-9;9-8(10)7-5-3-1-2-4-6-7/h1-7,11H;1,3-6H,2H2,(H,9,10). The summed E-state index contributed by atoms with van der Waals surface area (Å²) < 4.78 is 0. The number of hydrogen-bond donors (Lipinski definition) is 2. The normalized spacial score (nSPS) is 14.8. The largest absolute Gasteiger partial charge is 0.478 e. The van der Waals surface area contributed by atoms with Gasteiger partial charge in [0.1, 0.15) is 0 Å². The molecule has 0 spiro atoms. The molecule has 1 heterocycles. The highest BCUT2D eigenvalue weighted by Crippen LogP contribution is 2.17. The zero-order valence-electron chi connectivity index (χ0n) is 11.4. The average molecular weight is 280 g/mol. The van der Waals surface area contributed by atoms with Gasteiger partial charge >= 0.3 is 5.97 Å². The van der Waals surface area contributed by atoms with E-state index >= 15 is 0 Å². The zero-order valence-corrected chi connectivity index (χ0v) is 11.4. The summed E-state index contributed by atoms with van der Waals surface area (Å²) in [6.07, 6.45) is 15.2. The molecule has 1 aliphatic carbocycles. The molecule has 0 atom stereocenters. The maximum atomic E-state index is 10.4. The Hall–Kier alpha value is -2.88. The van der Waals surface area contributed by atoms with E-state index in [4.69, 9.17) is 5.11 Å². The summed E-state index contributed by atoms with van der Waals surface area (Å²) in [4.78, 5) is 10.4. The second-order valence-electron chi connectivity index (χ2n) is 4.33. The zero-order chi connectivity index (χ0) is 14.9. The van der Waals surface area contributed by atoms with Crippen LogP contribution >= 0.6 is 0 Å². The van der Waals surface area contributed by atoms with Crippen molar-refractivity contribution in [1.29, 1.82) is 0 Å². The van der Waals surface area contributed by atoms with Crippen LogP contribution in [0.3, 0.4) is 0 Å². The molecule has 1 aromatic rings. The van der Waals surface area contributed by atoms with Crippen LogP contribution in [0.15, 0.2) is 71.4 Å². The molecule has 1 aliphatic heterocycles. The first kappa shape index (κ1) is 14.5. The number of anilines is 1. The van der Waals surface area contributed by atoms with Gasteiger partial charge in [0.05, 0.1) is 11.3 Å². The number of carbonyl (C=O) groups is 1. The molecule has 2 aliphatic rings. The highest BCUT2D eigenvalue weighted by atomic mass is 16.4. The molecule has 0 fully saturated rings. The minimum Gasteiger partial charge on any atom is -0.478 e. The molecular formula is C17H16N2O2. The van der Waals surface area contributed by atoms with Crippen molar-refractivity contribution in [2.75, 3.05) is 5.43 Å². The molecule has 0 bridgehead atoms. The molecule has 0 radical (unpaired) electrons. The molecule has 21 heavy (non-hydrogen) atoms. The van der Waals surface area contributed by atoms with Crippen LogP contribution in [0.5, 0.6) is 0 Å². The van der Waals surface area contributed by atoms with Crippen LogP contribution in [-0.2, 0) is 4.79 Å². The number of carboxylic acid groups (broad SMARTS) is 1. The van der Waals surface area contributed by atoms with Crippen molar-refractivity contribution in [3.8, 4) is 0 Å². The monoisotopic (exact) mass is 280 g/mol. The van der Waals surface area contributed by atoms with Gasteiger partial charge in [-0.3, -0.25) is 5.43 Å². The molecular weight excluding hydrogens is 264 g/mol. The van der Waals surface area contributed by atoms with E-state index in [0.29, 0.717) is 5.57 Å². The number of hydrogen-bond acceptors (Lipinski definition) is 3. The van der Waals surface area contributed by atoms with Gasteiger partial charge in [0.2, 0.25) is 0 Å². The Morgan fingerprint density at radius 2 is 2.00 bits per heavy atom. The SMILES string of the molecule is C1=Cc2ccccc2NN=C1.O=C(O)C1=CC=CCC=C1. The molecule has 0 unspecified atom stereocenters. The van der Waals surface area contributed by atoms with Gasteiger partial charge < -0.3 is 5.11 Å². The van der Waals surface area contributed by atoms with Crippen molar-refractivity contribution in [2.24, 2.45) is 5.10 Å². The smallest absolute Gasteiger partial charge is 0.335 e. The van der Waals surface area contributed by atoms with E-state index in [1.807, 2.05) is 48.6 Å². The fourth-order valence-electron chi connectivity index (χ4n) is 1.76. The summed E-state index contributed by atoms with van der Waals surface area (Å²) in [5.41, 5.74) is 5.50. The molecule has 1 aromatic carbocycles. The van der Waals surface area contributed by atoms with E-state index in [2.05, 4.69) is 10.5 Å². The molecule has 4 nitrogen and oxygen atoms in total. The summed E-state index contributed by atoms with van der Waals surface area (Å²) in [5.74, 6) is -0.872. The number of benzene rings is 1. The maximum Gasteiger partial charge on any atom is 0.335 e. The Morgan fingerprint density at radius 3 is 2.86 bits per heavy atom. The third-order valence-electron chi connectivity index (χ3n) is 2.81. The number of aliphatic carboxylic acids is 1. The number of nitrogens with one attached hydrogen (secondary N) is 1. The van der Waals surface area contributed by atoms with E-state index in [1.54, 1.807) is 24.4 Å². The molecule has 4 heteroatoms. The Labute approximate surface area is 123 Å². The molecule has 0 aromatic heterocycles. The van der Waals surface area contributed by atoms with Gasteiger partial charge in [0.15, 0.2) is 0 Å². The van der Waals surface area contributed by atoms with Crippen molar-refractivity contribution in [1.82, 2.24) is 0 Å². The fourth-order valence-corrected chi connectivity index (χ4v) is 1.76. The number of rotatable bonds is 1. The Morgan fingerprint density at radius 1 is 1.14 bits per heavy atom. The van der Waals surface area contributed by atoms with Crippen LogP contribution in [0.4, 0.5) is 5.69 Å². The molecule has 2 N–H and O–H groups in total. The highest BCUT2D eigenvalue weighted by molar-refractivity contribution is 5.90. The maximum absolute atomic E-state index is 10.4. The van der Waals surface area contributed by atoms with Crippen molar-refractivity contribution < 1.29 is 9.90 Å². The van der Waals surface area contributed by atoms with E-state index in [1.165, 1.54) is 5.56 Å². The third kappa shape index (κ3) is 4.62. The number of fused-ring (bicyclic) bond motifs is 1. The second kappa shape index (κ2) is 7.65. The topological polar surface area (TPSA) is 61.7 Å². The predicted molar refractivity (Wildman–Crippen MR) is 86.2 cm³/mol. The summed E-state index contributed by atoms with van der Waals surface area (Å²) in [5, 5.41) is 12.5. The van der Waals surface area contributed by atoms with Gasteiger partial charge in [-0.1, -0.05) is 48.6 Å². The molecule has 0 amide bonds. The van der Waals surface area contributed by atoms with Gasteiger partial charge in [-0.05, 0) is 30.2 Å². The first-order chi connectivity index (χ1) is 10.3. The Kier molecular flexibility index (Phi) is 5.29. The molecule has 3 rings (SSSR count). The van der Waals surface area contributed by atoms with Gasteiger partial charge in [-0.25, -0.2) is 4.79 Å². The van der Waals surface area contributed by atoms with Crippen LogP contribution in [0.2, 0.25) is 0 Å². The van der Waals surface area contributed by atoms with E-state index in [0.717, 1.165) is 12.1 Å². The van der Waals surface area contributed by atoms with Crippen LogP contribution in [0.25, 0.3) is 6.08 Å². The van der Waals surface area contributed by atoms with Crippen LogP contribution in [-0.4, -0.2) is 17.3 Å². The first-order valence-corrected chi connectivity index (χ1v) is 6.59. The number of allylic oxidation sites excluding steroid dienone is 5.